The standard InChI is InChI=1S/C22H15F3N4O2.C14H13F3N4/c23-22(24,25)21-26-9-14(10-27-21)13-7-15(28-18(8-13)12-5-6-12)11-29-19(30)16-3-1-2-4-17(16)20(29)31;15-14(16,17)13-19-6-10(7-20-13)9-3-11(5-18)21-12(4-9)8-1-2-8/h1-4,7-10,12H,5-6,11H2;3-4,6-8H,1-2,5,18H2. The molecular formula is C36H28F6N8O2. The Kier molecular flexibility index (Phi) is 9.02. The molecule has 5 heterocycles. The molecule has 1 aliphatic heterocycles. The first kappa shape index (κ1) is 34.8. The Bertz CT molecular complexity index is 2110. The average molecular weight is 719 g/mol. The number of halogens is 6. The van der Waals surface area contributed by atoms with Crippen LogP contribution in [-0.2, 0) is 25.4 Å². The molecule has 266 valence electrons. The molecule has 0 radical (unpaired) electrons. The van der Waals surface area contributed by atoms with Gasteiger partial charge in [-0.25, -0.2) is 19.9 Å². The minimum atomic E-state index is -4.62. The number of aromatic nitrogens is 6. The number of rotatable bonds is 7. The maximum atomic E-state index is 12.8. The number of alkyl halides is 6. The molecule has 2 saturated carbocycles. The van der Waals surface area contributed by atoms with Crippen LogP contribution in [0.25, 0.3) is 22.3 Å². The number of nitrogens with zero attached hydrogens (tertiary/aromatic N) is 7. The molecule has 4 aromatic heterocycles. The summed E-state index contributed by atoms with van der Waals surface area (Å²) in [5.74, 6) is -2.43. The summed E-state index contributed by atoms with van der Waals surface area (Å²) < 4.78 is 75.7. The van der Waals surface area contributed by atoms with E-state index in [1.807, 2.05) is 6.07 Å². The van der Waals surface area contributed by atoms with E-state index in [4.69, 9.17) is 5.73 Å². The molecular weight excluding hydrogens is 690 g/mol. The van der Waals surface area contributed by atoms with Crippen molar-refractivity contribution in [1.29, 1.82) is 0 Å². The van der Waals surface area contributed by atoms with Gasteiger partial charge in [0.2, 0.25) is 11.6 Å². The zero-order chi connectivity index (χ0) is 36.8. The summed E-state index contributed by atoms with van der Waals surface area (Å²) in [4.78, 5) is 49.2. The Morgan fingerprint density at radius 3 is 1.40 bits per heavy atom. The largest absolute Gasteiger partial charge is 0.451 e. The Morgan fingerprint density at radius 2 is 1.02 bits per heavy atom. The number of pyridine rings is 2. The molecule has 3 aliphatic rings. The molecule has 52 heavy (non-hydrogen) atoms. The van der Waals surface area contributed by atoms with Crippen molar-refractivity contribution in [1.82, 2.24) is 34.8 Å². The molecule has 0 spiro atoms. The second-order valence-electron chi connectivity index (χ2n) is 12.6. The summed E-state index contributed by atoms with van der Waals surface area (Å²) in [6.07, 6.45) is -0.441. The van der Waals surface area contributed by atoms with Crippen LogP contribution in [0.5, 0.6) is 0 Å². The zero-order valence-electron chi connectivity index (χ0n) is 27.1. The van der Waals surface area contributed by atoms with Crippen molar-refractivity contribution < 1.29 is 35.9 Å². The predicted octanol–water partition coefficient (Wildman–Crippen LogP) is 7.12. The fourth-order valence-corrected chi connectivity index (χ4v) is 5.71. The van der Waals surface area contributed by atoms with Crippen LogP contribution in [0.1, 0.15) is 92.7 Å². The minimum absolute atomic E-state index is 0.0264. The average Bonchev–Trinajstić information content (AvgIpc) is 4.07. The van der Waals surface area contributed by atoms with Crippen molar-refractivity contribution in [3.63, 3.8) is 0 Å². The number of amides is 2. The van der Waals surface area contributed by atoms with E-state index in [0.717, 1.165) is 59.9 Å². The first-order valence-corrected chi connectivity index (χ1v) is 16.2. The van der Waals surface area contributed by atoms with Crippen LogP contribution in [0.15, 0.2) is 73.3 Å². The predicted molar refractivity (Wildman–Crippen MR) is 173 cm³/mol. The van der Waals surface area contributed by atoms with E-state index in [1.165, 1.54) is 12.4 Å². The molecule has 10 nitrogen and oxygen atoms in total. The summed E-state index contributed by atoms with van der Waals surface area (Å²) in [5, 5.41) is 0. The van der Waals surface area contributed by atoms with Gasteiger partial charge >= 0.3 is 12.4 Å². The monoisotopic (exact) mass is 718 g/mol. The lowest BCUT2D eigenvalue weighted by atomic mass is 10.1. The quantitative estimate of drug-likeness (QED) is 0.138. The Balaban J connectivity index is 0.000000175. The molecule has 8 rings (SSSR count). The maximum absolute atomic E-state index is 12.8. The fourth-order valence-electron chi connectivity index (χ4n) is 5.71. The highest BCUT2D eigenvalue weighted by Gasteiger charge is 2.37. The van der Waals surface area contributed by atoms with Gasteiger partial charge in [-0.1, -0.05) is 12.1 Å². The molecule has 0 saturated heterocycles. The normalized spacial score (nSPS) is 15.7. The zero-order valence-corrected chi connectivity index (χ0v) is 27.1. The SMILES string of the molecule is NCc1cc(-c2cnc(C(F)(F)F)nc2)cc(C2CC2)n1.O=C1c2ccccc2C(=O)N1Cc1cc(-c2cnc(C(F)(F)F)nc2)cc(C2CC2)n1. The van der Waals surface area contributed by atoms with Gasteiger partial charge < -0.3 is 5.73 Å². The first-order chi connectivity index (χ1) is 24.8. The number of imide groups is 1. The van der Waals surface area contributed by atoms with Crippen molar-refractivity contribution in [2.24, 2.45) is 5.73 Å². The lowest BCUT2D eigenvalue weighted by Crippen LogP contribution is -2.29. The van der Waals surface area contributed by atoms with Gasteiger partial charge in [0.05, 0.1) is 29.1 Å². The maximum Gasteiger partial charge on any atom is 0.451 e. The number of benzene rings is 1. The van der Waals surface area contributed by atoms with E-state index in [0.29, 0.717) is 45.1 Å². The van der Waals surface area contributed by atoms with Crippen LogP contribution in [0.2, 0.25) is 0 Å². The van der Waals surface area contributed by atoms with Gasteiger partial charge in [0, 0.05) is 65.7 Å². The first-order valence-electron chi connectivity index (χ1n) is 16.2. The van der Waals surface area contributed by atoms with Crippen LogP contribution >= 0.6 is 0 Å². The summed E-state index contributed by atoms with van der Waals surface area (Å²) in [7, 11) is 0. The van der Waals surface area contributed by atoms with E-state index in [9.17, 15) is 35.9 Å². The number of carbonyl (C=O) groups excluding carboxylic acids is 2. The van der Waals surface area contributed by atoms with Gasteiger partial charge in [-0.3, -0.25) is 24.5 Å². The lowest BCUT2D eigenvalue weighted by Gasteiger charge is -2.15. The number of fused-ring (bicyclic) bond motifs is 1. The molecule has 0 bridgehead atoms. The summed E-state index contributed by atoms with van der Waals surface area (Å²) in [6.45, 7) is 0.260. The number of nitrogens with two attached hydrogens (primary N) is 1. The molecule has 2 fully saturated rings. The molecule has 16 heteroatoms. The summed E-state index contributed by atoms with van der Waals surface area (Å²) >= 11 is 0. The van der Waals surface area contributed by atoms with Crippen LogP contribution < -0.4 is 5.73 Å². The Hall–Kier alpha value is -5.64. The van der Waals surface area contributed by atoms with Crippen LogP contribution in [-0.4, -0.2) is 46.6 Å². The summed E-state index contributed by atoms with van der Waals surface area (Å²) in [5.41, 5.74) is 11.5. The van der Waals surface area contributed by atoms with Crippen molar-refractivity contribution >= 4 is 11.8 Å². The van der Waals surface area contributed by atoms with E-state index >= 15 is 0 Å². The lowest BCUT2D eigenvalue weighted by molar-refractivity contribution is -0.145. The van der Waals surface area contributed by atoms with Gasteiger partial charge in [-0.2, -0.15) is 26.3 Å². The van der Waals surface area contributed by atoms with Crippen molar-refractivity contribution in [2.45, 2.75) is 63.0 Å². The third-order valence-corrected chi connectivity index (χ3v) is 8.67. The highest BCUT2D eigenvalue weighted by molar-refractivity contribution is 6.21. The van der Waals surface area contributed by atoms with Crippen LogP contribution in [0.3, 0.4) is 0 Å². The van der Waals surface area contributed by atoms with Gasteiger partial charge in [0.25, 0.3) is 11.8 Å². The fraction of sp³-hybridized carbons (Fsp3) is 0.278. The molecule has 5 aromatic rings. The second-order valence-corrected chi connectivity index (χ2v) is 12.6. The molecule has 0 unspecified atom stereocenters. The van der Waals surface area contributed by atoms with Crippen molar-refractivity contribution in [3.05, 3.63) is 119 Å². The van der Waals surface area contributed by atoms with Crippen LogP contribution in [0, 0.1) is 0 Å². The highest BCUT2D eigenvalue weighted by atomic mass is 19.4. The van der Waals surface area contributed by atoms with Gasteiger partial charge in [-0.15, -0.1) is 0 Å². The van der Waals surface area contributed by atoms with Gasteiger partial charge in [0.1, 0.15) is 0 Å². The van der Waals surface area contributed by atoms with Gasteiger partial charge in [-0.05, 0) is 73.2 Å². The van der Waals surface area contributed by atoms with E-state index in [2.05, 4.69) is 29.9 Å². The topological polar surface area (TPSA) is 141 Å². The van der Waals surface area contributed by atoms with Crippen molar-refractivity contribution in [2.75, 3.05) is 0 Å². The smallest absolute Gasteiger partial charge is 0.325 e. The molecule has 2 N–H and O–H groups in total. The second kappa shape index (κ2) is 13.5. The van der Waals surface area contributed by atoms with E-state index in [1.54, 1.807) is 42.5 Å². The Labute approximate surface area is 292 Å². The molecule has 0 atom stereocenters. The summed E-state index contributed by atoms with van der Waals surface area (Å²) in [6, 6.07) is 13.7. The third-order valence-electron chi connectivity index (χ3n) is 8.67. The third kappa shape index (κ3) is 7.51. The van der Waals surface area contributed by atoms with Crippen LogP contribution in [0.4, 0.5) is 26.3 Å². The van der Waals surface area contributed by atoms with Gasteiger partial charge in [0.15, 0.2) is 0 Å². The molecule has 2 amide bonds. The highest BCUT2D eigenvalue weighted by Crippen LogP contribution is 2.41. The van der Waals surface area contributed by atoms with Crippen molar-refractivity contribution in [3.8, 4) is 22.3 Å². The molecule has 1 aromatic carbocycles. The van der Waals surface area contributed by atoms with E-state index in [-0.39, 0.29) is 19.0 Å². The number of hydrogen-bond donors (Lipinski definition) is 1. The van der Waals surface area contributed by atoms with E-state index < -0.39 is 35.8 Å². The number of carbonyl (C=O) groups is 2. The minimum Gasteiger partial charge on any atom is -0.325 e. The number of hydrogen-bond acceptors (Lipinski definition) is 9. The Morgan fingerprint density at radius 1 is 0.615 bits per heavy atom. The molecule has 2 aliphatic carbocycles.